The largest absolute Gasteiger partial charge is 0.533 e. The van der Waals surface area contributed by atoms with E-state index in [1.54, 1.807) is 13.0 Å². The highest BCUT2D eigenvalue weighted by atomic mass is 16.8. The molecular formula is C16H19NO8. The Morgan fingerprint density at radius 3 is 2.52 bits per heavy atom. The minimum atomic E-state index is -1.11. The third kappa shape index (κ3) is 7.34. The molecular weight excluding hydrogens is 334 g/mol. The smallest absolute Gasteiger partial charge is 0.481 e. The highest BCUT2D eigenvalue weighted by Gasteiger charge is 2.20. The second kappa shape index (κ2) is 9.91. The quantitative estimate of drug-likeness (QED) is 0.473. The maximum Gasteiger partial charge on any atom is 0.533 e. The fourth-order valence-electron chi connectivity index (χ4n) is 2.03. The molecule has 0 saturated heterocycles. The molecule has 136 valence electrons. The standard InChI is InChI=1S/C16H19NO8/c1-2-24-16(23)25-17-13(18)7-6-12(15(21)22)9-10-4-3-5-11(8-10)14(19)20/h3-5,8,12H,2,6-7,9H2,1H3,(H,17,18)(H,19,20)(H,21,22). The van der Waals surface area contributed by atoms with E-state index in [9.17, 15) is 24.3 Å². The molecule has 25 heavy (non-hydrogen) atoms. The van der Waals surface area contributed by atoms with Crippen LogP contribution in [0.5, 0.6) is 0 Å². The summed E-state index contributed by atoms with van der Waals surface area (Å²) in [5, 5.41) is 18.2. The number of amides is 1. The molecule has 1 rings (SSSR count). The van der Waals surface area contributed by atoms with E-state index in [1.807, 2.05) is 5.48 Å². The number of benzene rings is 1. The van der Waals surface area contributed by atoms with Crippen LogP contribution in [0.1, 0.15) is 35.7 Å². The molecule has 3 N–H and O–H groups in total. The first kappa shape index (κ1) is 19.9. The number of rotatable bonds is 8. The highest BCUT2D eigenvalue weighted by Crippen LogP contribution is 2.16. The summed E-state index contributed by atoms with van der Waals surface area (Å²) in [7, 11) is 0. The molecule has 0 aliphatic rings. The average Bonchev–Trinajstić information content (AvgIpc) is 2.57. The molecule has 9 nitrogen and oxygen atoms in total. The third-order valence-electron chi connectivity index (χ3n) is 3.24. The van der Waals surface area contributed by atoms with Crippen molar-refractivity contribution in [3.63, 3.8) is 0 Å². The third-order valence-corrected chi connectivity index (χ3v) is 3.24. The van der Waals surface area contributed by atoms with Crippen LogP contribution >= 0.6 is 0 Å². The zero-order valence-corrected chi connectivity index (χ0v) is 13.6. The van der Waals surface area contributed by atoms with E-state index >= 15 is 0 Å². The van der Waals surface area contributed by atoms with E-state index in [1.165, 1.54) is 18.2 Å². The van der Waals surface area contributed by atoms with Gasteiger partial charge in [-0.2, -0.15) is 5.48 Å². The van der Waals surface area contributed by atoms with Crippen molar-refractivity contribution in [3.05, 3.63) is 35.4 Å². The van der Waals surface area contributed by atoms with Gasteiger partial charge in [0.15, 0.2) is 0 Å². The molecule has 0 fully saturated rings. The molecule has 1 aromatic carbocycles. The molecule has 0 aromatic heterocycles. The van der Waals surface area contributed by atoms with E-state index in [4.69, 9.17) is 5.11 Å². The van der Waals surface area contributed by atoms with Crippen molar-refractivity contribution in [1.82, 2.24) is 5.48 Å². The molecule has 0 spiro atoms. The second-order valence-corrected chi connectivity index (χ2v) is 5.09. The summed E-state index contributed by atoms with van der Waals surface area (Å²) in [4.78, 5) is 49.1. The van der Waals surface area contributed by atoms with Gasteiger partial charge in [-0.3, -0.25) is 9.59 Å². The Morgan fingerprint density at radius 2 is 1.92 bits per heavy atom. The van der Waals surface area contributed by atoms with Crippen LogP contribution in [-0.2, 0) is 25.6 Å². The van der Waals surface area contributed by atoms with Gasteiger partial charge in [0, 0.05) is 6.42 Å². The highest BCUT2D eigenvalue weighted by molar-refractivity contribution is 5.87. The van der Waals surface area contributed by atoms with Gasteiger partial charge < -0.3 is 19.8 Å². The molecule has 0 aliphatic heterocycles. The summed E-state index contributed by atoms with van der Waals surface area (Å²) in [6.45, 7) is 1.66. The molecule has 1 unspecified atom stereocenters. The lowest BCUT2D eigenvalue weighted by Crippen LogP contribution is -2.28. The number of carbonyl (C=O) groups is 4. The predicted molar refractivity (Wildman–Crippen MR) is 83.7 cm³/mol. The molecule has 0 bridgehead atoms. The Bertz CT molecular complexity index is 643. The second-order valence-electron chi connectivity index (χ2n) is 5.09. The molecule has 9 heteroatoms. The maximum absolute atomic E-state index is 11.6. The zero-order chi connectivity index (χ0) is 18.8. The number of hydrogen-bond donors (Lipinski definition) is 3. The predicted octanol–water partition coefficient (Wildman–Crippen LogP) is 1.61. The van der Waals surface area contributed by atoms with Gasteiger partial charge in [-0.05, 0) is 37.5 Å². The molecule has 1 amide bonds. The first-order chi connectivity index (χ1) is 11.8. The van der Waals surface area contributed by atoms with Crippen LogP contribution in [0.4, 0.5) is 4.79 Å². The van der Waals surface area contributed by atoms with Crippen molar-refractivity contribution >= 4 is 24.0 Å². The number of carboxylic acids is 2. The van der Waals surface area contributed by atoms with Crippen LogP contribution in [0, 0.1) is 5.92 Å². The van der Waals surface area contributed by atoms with Gasteiger partial charge in [-0.25, -0.2) is 9.59 Å². The number of ether oxygens (including phenoxy) is 1. The Hall–Kier alpha value is -3.10. The number of hydrogen-bond acceptors (Lipinski definition) is 6. The zero-order valence-electron chi connectivity index (χ0n) is 13.6. The molecule has 0 saturated carbocycles. The molecule has 0 heterocycles. The first-order valence-corrected chi connectivity index (χ1v) is 7.51. The van der Waals surface area contributed by atoms with E-state index in [0.29, 0.717) is 5.56 Å². The van der Waals surface area contributed by atoms with Gasteiger partial charge in [-0.15, -0.1) is 0 Å². The number of carbonyl (C=O) groups excluding carboxylic acids is 2. The molecule has 1 aromatic rings. The lowest BCUT2D eigenvalue weighted by atomic mass is 9.94. The summed E-state index contributed by atoms with van der Waals surface area (Å²) in [6, 6.07) is 5.94. The summed E-state index contributed by atoms with van der Waals surface area (Å²) < 4.78 is 4.45. The van der Waals surface area contributed by atoms with Crippen LogP contribution in [0.2, 0.25) is 0 Å². The van der Waals surface area contributed by atoms with E-state index < -0.39 is 29.9 Å². The maximum atomic E-state index is 11.6. The van der Waals surface area contributed by atoms with Crippen LogP contribution in [0.15, 0.2) is 24.3 Å². The van der Waals surface area contributed by atoms with Gasteiger partial charge in [0.1, 0.15) is 0 Å². The van der Waals surface area contributed by atoms with Gasteiger partial charge in [0.2, 0.25) is 0 Å². The van der Waals surface area contributed by atoms with E-state index in [0.717, 1.165) is 0 Å². The van der Waals surface area contributed by atoms with Crippen molar-refractivity contribution in [1.29, 1.82) is 0 Å². The molecule has 1 atom stereocenters. The van der Waals surface area contributed by atoms with Crippen molar-refractivity contribution in [2.24, 2.45) is 5.92 Å². The fraction of sp³-hybridized carbons (Fsp3) is 0.375. The molecule has 0 aliphatic carbocycles. The minimum Gasteiger partial charge on any atom is -0.481 e. The van der Waals surface area contributed by atoms with Crippen LogP contribution < -0.4 is 5.48 Å². The Balaban J connectivity index is 2.56. The van der Waals surface area contributed by atoms with Gasteiger partial charge in [0.05, 0.1) is 18.1 Å². The lowest BCUT2D eigenvalue weighted by molar-refractivity contribution is -0.142. The van der Waals surface area contributed by atoms with Gasteiger partial charge >= 0.3 is 18.1 Å². The Kier molecular flexibility index (Phi) is 7.91. The van der Waals surface area contributed by atoms with Crippen molar-refractivity contribution < 1.29 is 39.0 Å². The van der Waals surface area contributed by atoms with Gasteiger partial charge in [-0.1, -0.05) is 12.1 Å². The number of hydroxylamine groups is 1. The van der Waals surface area contributed by atoms with Crippen LogP contribution in [-0.4, -0.2) is 40.8 Å². The molecule has 0 radical (unpaired) electrons. The van der Waals surface area contributed by atoms with E-state index in [-0.39, 0.29) is 31.4 Å². The summed E-state index contributed by atoms with van der Waals surface area (Å²) >= 11 is 0. The van der Waals surface area contributed by atoms with Crippen LogP contribution in [0.3, 0.4) is 0 Å². The summed E-state index contributed by atoms with van der Waals surface area (Å²) in [6.07, 6.45) is -1.18. The van der Waals surface area contributed by atoms with Crippen molar-refractivity contribution in [2.75, 3.05) is 6.61 Å². The van der Waals surface area contributed by atoms with Gasteiger partial charge in [0.25, 0.3) is 5.91 Å². The Morgan fingerprint density at radius 1 is 1.20 bits per heavy atom. The Labute approximate surface area is 143 Å². The van der Waals surface area contributed by atoms with Crippen LogP contribution in [0.25, 0.3) is 0 Å². The van der Waals surface area contributed by atoms with E-state index in [2.05, 4.69) is 9.57 Å². The van der Waals surface area contributed by atoms with Crippen molar-refractivity contribution in [3.8, 4) is 0 Å². The number of aliphatic carboxylic acids is 1. The topological polar surface area (TPSA) is 139 Å². The normalized spacial score (nSPS) is 11.2. The number of nitrogens with one attached hydrogen (secondary N) is 1. The first-order valence-electron chi connectivity index (χ1n) is 7.51. The SMILES string of the molecule is CCOC(=O)ONC(=O)CCC(Cc1cccc(C(=O)O)c1)C(=O)O. The lowest BCUT2D eigenvalue weighted by Gasteiger charge is -2.12. The minimum absolute atomic E-state index is 0.00927. The number of carboxylic acid groups (broad SMARTS) is 2. The van der Waals surface area contributed by atoms with Crippen molar-refractivity contribution in [2.45, 2.75) is 26.2 Å². The number of aromatic carboxylic acids is 1. The monoisotopic (exact) mass is 353 g/mol. The summed E-state index contributed by atoms with van der Waals surface area (Å²) in [5.74, 6) is -3.78. The fourth-order valence-corrected chi connectivity index (χ4v) is 2.03. The summed E-state index contributed by atoms with van der Waals surface area (Å²) in [5.41, 5.74) is 2.46. The average molecular weight is 353 g/mol.